The van der Waals surface area contributed by atoms with Gasteiger partial charge in [-0.2, -0.15) is 0 Å². The van der Waals surface area contributed by atoms with Gasteiger partial charge in [0.1, 0.15) is 0 Å². The van der Waals surface area contributed by atoms with E-state index in [9.17, 15) is 14.7 Å². The number of benzene rings is 2. The van der Waals surface area contributed by atoms with Gasteiger partial charge in [0.15, 0.2) is 0 Å². The van der Waals surface area contributed by atoms with E-state index in [1.807, 2.05) is 30.3 Å². The summed E-state index contributed by atoms with van der Waals surface area (Å²) in [6.45, 7) is 7.89. The van der Waals surface area contributed by atoms with Gasteiger partial charge in [0.25, 0.3) is 6.72 Å². The molecule has 0 spiro atoms. The molecule has 0 fully saturated rings. The molecule has 0 aliphatic rings. The van der Waals surface area contributed by atoms with Crippen LogP contribution in [0.3, 0.4) is 0 Å². The number of carboxylic acid groups (broad SMARTS) is 1. The summed E-state index contributed by atoms with van der Waals surface area (Å²) in [6, 6.07) is 14.7. The highest BCUT2D eigenvalue weighted by Gasteiger charge is 2.27. The summed E-state index contributed by atoms with van der Waals surface area (Å²) in [5.74, 6) is -0.819. The fourth-order valence-electron chi connectivity index (χ4n) is 3.38. The molecule has 6 heteroatoms. The van der Waals surface area contributed by atoms with E-state index >= 15 is 0 Å². The van der Waals surface area contributed by atoms with Crippen LogP contribution in [0.1, 0.15) is 50.7 Å². The molecule has 0 aliphatic heterocycles. The molecular formula is C24H28ClN2O3+. The number of carbonyl (C=O) groups excluding carboxylic acids is 1. The summed E-state index contributed by atoms with van der Waals surface area (Å²) in [4.78, 5) is 26.0. The maximum absolute atomic E-state index is 13.2. The van der Waals surface area contributed by atoms with E-state index in [1.165, 1.54) is 0 Å². The molecule has 0 aromatic heterocycles. The monoisotopic (exact) mass is 427 g/mol. The summed E-state index contributed by atoms with van der Waals surface area (Å²) < 4.78 is 4.21. The van der Waals surface area contributed by atoms with E-state index in [-0.39, 0.29) is 24.8 Å². The van der Waals surface area contributed by atoms with Gasteiger partial charge in [-0.05, 0) is 36.2 Å². The van der Waals surface area contributed by atoms with Crippen molar-refractivity contribution in [2.45, 2.75) is 39.5 Å². The normalized spacial score (nSPS) is 10.5. The molecule has 1 N–H and O–H groups in total. The van der Waals surface area contributed by atoms with Crippen molar-refractivity contribution in [2.75, 3.05) is 11.4 Å². The molecule has 30 heavy (non-hydrogen) atoms. The average molecular weight is 428 g/mol. The van der Waals surface area contributed by atoms with E-state index in [4.69, 9.17) is 11.6 Å². The largest absolute Gasteiger partial charge is 0.481 e. The lowest BCUT2D eigenvalue weighted by Gasteiger charge is -2.26. The van der Waals surface area contributed by atoms with Crippen molar-refractivity contribution in [2.24, 2.45) is 5.92 Å². The van der Waals surface area contributed by atoms with Gasteiger partial charge in [-0.25, -0.2) is 0 Å². The van der Waals surface area contributed by atoms with Crippen LogP contribution < -0.4 is 9.57 Å². The van der Waals surface area contributed by atoms with Gasteiger partial charge in [0, 0.05) is 18.0 Å². The lowest BCUT2D eigenvalue weighted by atomic mass is 9.97. The molecule has 2 aromatic carbocycles. The standard InChI is InChI=1S/C24H27ClN2O3/c1-4-17(5-2)15-22(28)27(14-13-23(29)30)21-12-11-19(25)16-20(21)24(26-3)18-9-7-6-8-10-18/h6-12,16-17H,3-5,13-15H2,1-2H3/p+1. The number of amides is 1. The van der Waals surface area contributed by atoms with Gasteiger partial charge in [-0.1, -0.05) is 61.2 Å². The molecule has 158 valence electrons. The summed E-state index contributed by atoms with van der Waals surface area (Å²) in [5.41, 5.74) is 2.65. The highest BCUT2D eigenvalue weighted by molar-refractivity contribution is 6.31. The van der Waals surface area contributed by atoms with Gasteiger partial charge in [0.05, 0.1) is 23.2 Å². The lowest BCUT2D eigenvalue weighted by molar-refractivity contribution is -0.136. The zero-order chi connectivity index (χ0) is 22.1. The van der Waals surface area contributed by atoms with Crippen molar-refractivity contribution in [1.82, 2.24) is 4.67 Å². The first-order valence-electron chi connectivity index (χ1n) is 10.1. The molecular weight excluding hydrogens is 400 g/mol. The third-order valence-corrected chi connectivity index (χ3v) is 5.41. The maximum Gasteiger partial charge on any atom is 0.342 e. The van der Waals surface area contributed by atoms with Crippen LogP contribution >= 0.6 is 11.6 Å². The first kappa shape index (κ1) is 23.4. The zero-order valence-corrected chi connectivity index (χ0v) is 18.2. The van der Waals surface area contributed by atoms with E-state index in [0.717, 1.165) is 18.4 Å². The van der Waals surface area contributed by atoms with Crippen LogP contribution in [0.4, 0.5) is 5.69 Å². The van der Waals surface area contributed by atoms with Crippen LogP contribution in [-0.4, -0.2) is 36.0 Å². The van der Waals surface area contributed by atoms with Crippen LogP contribution in [0.25, 0.3) is 0 Å². The molecule has 0 saturated heterocycles. The second-order valence-corrected chi connectivity index (χ2v) is 7.55. The second-order valence-electron chi connectivity index (χ2n) is 7.11. The number of carboxylic acids is 1. The fraction of sp³-hybridized carbons (Fsp3) is 0.333. The Hall–Kier alpha value is -2.88. The first-order valence-corrected chi connectivity index (χ1v) is 10.5. The van der Waals surface area contributed by atoms with Gasteiger partial charge in [0.2, 0.25) is 5.91 Å². The Labute approximate surface area is 182 Å². The van der Waals surface area contributed by atoms with Crippen molar-refractivity contribution in [1.29, 1.82) is 0 Å². The van der Waals surface area contributed by atoms with Crippen molar-refractivity contribution in [3.63, 3.8) is 0 Å². The maximum atomic E-state index is 13.2. The molecule has 0 heterocycles. The first-order chi connectivity index (χ1) is 14.4. The van der Waals surface area contributed by atoms with Crippen molar-refractivity contribution in [3.05, 3.63) is 64.7 Å². The van der Waals surface area contributed by atoms with E-state index in [2.05, 4.69) is 25.2 Å². The molecule has 2 rings (SSSR count). The minimum Gasteiger partial charge on any atom is -0.481 e. The molecule has 1 amide bonds. The second kappa shape index (κ2) is 11.3. The molecule has 0 bridgehead atoms. The number of hydrogen-bond donors (Lipinski definition) is 1. The van der Waals surface area contributed by atoms with Crippen molar-refractivity contribution >= 4 is 41.6 Å². The Morgan fingerprint density at radius 3 is 2.37 bits per heavy atom. The number of halogens is 1. The Kier molecular flexibility index (Phi) is 8.85. The summed E-state index contributed by atoms with van der Waals surface area (Å²) in [6.07, 6.45) is 1.98. The van der Waals surface area contributed by atoms with Crippen LogP contribution in [0.2, 0.25) is 5.02 Å². The Balaban J connectivity index is 2.56. The number of carbonyl (C=O) groups is 2. The zero-order valence-electron chi connectivity index (χ0n) is 17.5. The smallest absolute Gasteiger partial charge is 0.342 e. The molecule has 0 aliphatic carbocycles. The van der Waals surface area contributed by atoms with E-state index in [1.54, 1.807) is 23.1 Å². The highest BCUT2D eigenvalue weighted by atomic mass is 35.5. The summed E-state index contributed by atoms with van der Waals surface area (Å²) in [5, 5.41) is 9.72. The number of anilines is 1. The van der Waals surface area contributed by atoms with Gasteiger partial charge >= 0.3 is 11.7 Å². The Bertz CT molecular complexity index is 933. The molecule has 5 nitrogen and oxygen atoms in total. The Morgan fingerprint density at radius 2 is 1.80 bits per heavy atom. The lowest BCUT2D eigenvalue weighted by Crippen LogP contribution is -2.35. The third kappa shape index (κ3) is 6.06. The SMILES string of the molecule is C=[N+]=C(c1ccccc1)c1cc(Cl)ccc1N(CCC(=O)O)C(=O)CC(CC)CC. The van der Waals surface area contributed by atoms with Crippen LogP contribution in [-0.2, 0) is 9.59 Å². The minimum atomic E-state index is -0.958. The van der Waals surface area contributed by atoms with Crippen LogP contribution in [0.5, 0.6) is 0 Å². The Morgan fingerprint density at radius 1 is 1.13 bits per heavy atom. The van der Waals surface area contributed by atoms with Gasteiger partial charge < -0.3 is 10.0 Å². The summed E-state index contributed by atoms with van der Waals surface area (Å²) in [7, 11) is 0. The molecule has 0 atom stereocenters. The van der Waals surface area contributed by atoms with Crippen molar-refractivity contribution in [3.8, 4) is 0 Å². The fourth-order valence-corrected chi connectivity index (χ4v) is 3.55. The number of hydrogen-bond acceptors (Lipinski definition) is 2. The highest BCUT2D eigenvalue weighted by Crippen LogP contribution is 2.28. The summed E-state index contributed by atoms with van der Waals surface area (Å²) >= 11 is 6.27. The number of rotatable bonds is 10. The van der Waals surface area contributed by atoms with Crippen LogP contribution in [0, 0.1) is 5.92 Å². The van der Waals surface area contributed by atoms with Gasteiger partial charge in [-0.3, -0.25) is 9.59 Å². The van der Waals surface area contributed by atoms with E-state index < -0.39 is 5.97 Å². The minimum absolute atomic E-state index is 0.0716. The molecule has 0 radical (unpaired) electrons. The number of nitrogens with zero attached hydrogens (tertiary/aromatic N) is 2. The third-order valence-electron chi connectivity index (χ3n) is 5.18. The van der Waals surface area contributed by atoms with E-state index in [0.29, 0.717) is 28.4 Å². The van der Waals surface area contributed by atoms with Crippen molar-refractivity contribution < 1.29 is 14.7 Å². The number of aliphatic carboxylic acids is 1. The van der Waals surface area contributed by atoms with Gasteiger partial charge in [-0.15, -0.1) is 0 Å². The topological polar surface area (TPSA) is 71.7 Å². The quantitative estimate of drug-likeness (QED) is 0.445. The molecule has 0 unspecified atom stereocenters. The molecule has 2 aromatic rings. The van der Waals surface area contributed by atoms with Crippen LogP contribution in [0.15, 0.2) is 48.5 Å². The predicted molar refractivity (Wildman–Crippen MR) is 124 cm³/mol. The predicted octanol–water partition coefficient (Wildman–Crippen LogP) is 4.58. The average Bonchev–Trinajstić information content (AvgIpc) is 2.74. The molecule has 0 saturated carbocycles.